The smallest absolute Gasteiger partial charge is 0.226 e. The van der Waals surface area contributed by atoms with Crippen LogP contribution in [0.25, 0.3) is 0 Å². The molecule has 122 valence electrons. The molecule has 22 heavy (non-hydrogen) atoms. The molecular formula is C10H3F9N2O. The lowest BCUT2D eigenvalue weighted by atomic mass is 10.0. The molecule has 0 aliphatic heterocycles. The van der Waals surface area contributed by atoms with Gasteiger partial charge in [0.15, 0.2) is 17.5 Å². The van der Waals surface area contributed by atoms with E-state index in [9.17, 15) is 44.4 Å². The van der Waals surface area contributed by atoms with Gasteiger partial charge < -0.3 is 0 Å². The highest BCUT2D eigenvalue weighted by Gasteiger charge is 2.81. The molecule has 0 N–H and O–H groups in total. The van der Waals surface area contributed by atoms with Crippen LogP contribution in [0.15, 0.2) is 5.29 Å². The van der Waals surface area contributed by atoms with Crippen molar-refractivity contribution < 1.29 is 39.5 Å². The second-order valence-corrected chi connectivity index (χ2v) is 4.37. The third kappa shape index (κ3) is 1.54. The Kier molecular flexibility index (Phi) is 3.17. The molecule has 1 aromatic rings. The number of hydrogen-bond acceptors (Lipinski definition) is 2. The van der Waals surface area contributed by atoms with E-state index in [4.69, 9.17) is 0 Å². The van der Waals surface area contributed by atoms with Crippen molar-refractivity contribution in [1.29, 1.82) is 0 Å². The number of rotatable bonds is 2. The first-order valence-electron chi connectivity index (χ1n) is 5.25. The van der Waals surface area contributed by atoms with E-state index in [1.165, 1.54) is 0 Å². The number of benzene rings is 1. The van der Waals surface area contributed by atoms with Crippen molar-refractivity contribution in [1.82, 2.24) is 0 Å². The lowest BCUT2D eigenvalue weighted by molar-refractivity contribution is -0.303. The van der Waals surface area contributed by atoms with Crippen LogP contribution in [-0.2, 0) is 11.8 Å². The number of alkyl halides is 6. The maximum Gasteiger partial charge on any atom is 0.380 e. The quantitative estimate of drug-likeness (QED) is 0.353. The molecule has 0 fully saturated rings. The number of fused-ring (bicyclic) bond motifs is 1. The zero-order valence-electron chi connectivity index (χ0n) is 10.2. The van der Waals surface area contributed by atoms with Crippen molar-refractivity contribution in [2.24, 2.45) is 5.29 Å². The average Bonchev–Trinajstić information content (AvgIpc) is 2.51. The van der Waals surface area contributed by atoms with Crippen LogP contribution in [0.1, 0.15) is 11.1 Å². The maximum absolute atomic E-state index is 13.8. The van der Waals surface area contributed by atoms with Crippen LogP contribution in [0, 0.1) is 22.4 Å². The highest BCUT2D eigenvalue weighted by atomic mass is 19.3. The van der Waals surface area contributed by atoms with Gasteiger partial charge >= 0.3 is 17.8 Å². The molecule has 3 nitrogen and oxygen atoms in total. The summed E-state index contributed by atoms with van der Waals surface area (Å²) in [5, 5.41) is 1.55. The van der Waals surface area contributed by atoms with Gasteiger partial charge in [-0.05, 0) is 0 Å². The number of halogens is 9. The molecule has 0 radical (unpaired) electrons. The van der Waals surface area contributed by atoms with Gasteiger partial charge in [0.05, 0.1) is 16.4 Å². The van der Waals surface area contributed by atoms with Gasteiger partial charge in [-0.2, -0.15) is 26.3 Å². The van der Waals surface area contributed by atoms with Crippen LogP contribution >= 0.6 is 0 Å². The number of nitrogens with zero attached hydrogens (tertiary/aromatic N) is 2. The summed E-state index contributed by atoms with van der Waals surface area (Å²) >= 11 is 0. The summed E-state index contributed by atoms with van der Waals surface area (Å²) < 4.78 is 121. The van der Waals surface area contributed by atoms with E-state index in [0.29, 0.717) is 7.05 Å². The summed E-state index contributed by atoms with van der Waals surface area (Å²) in [6, 6.07) is 0. The van der Waals surface area contributed by atoms with E-state index in [1.807, 2.05) is 5.29 Å². The van der Waals surface area contributed by atoms with Gasteiger partial charge in [-0.1, -0.05) is 0 Å². The molecule has 0 spiro atoms. The van der Waals surface area contributed by atoms with Gasteiger partial charge in [0.1, 0.15) is 5.69 Å². The minimum absolute atomic E-state index is 0.335. The lowest BCUT2D eigenvalue weighted by Crippen LogP contribution is -2.43. The van der Waals surface area contributed by atoms with Crippen LogP contribution in [-0.4, -0.2) is 13.0 Å². The Balaban J connectivity index is 3.01. The Morgan fingerprint density at radius 1 is 0.818 bits per heavy atom. The molecule has 1 aromatic carbocycles. The summed E-state index contributed by atoms with van der Waals surface area (Å²) in [4.78, 5) is 10.2. The van der Waals surface area contributed by atoms with E-state index in [0.717, 1.165) is 0 Å². The maximum atomic E-state index is 13.8. The molecular weight excluding hydrogens is 335 g/mol. The Labute approximate surface area is 115 Å². The van der Waals surface area contributed by atoms with Crippen LogP contribution in [0.2, 0.25) is 0 Å². The molecule has 0 saturated carbocycles. The SMILES string of the molecule is CN(N=O)c1c(F)c(F)c2c(c1F)C(F)(F)C(F)(F)C2(F)F. The van der Waals surface area contributed by atoms with Crippen LogP contribution < -0.4 is 5.01 Å². The zero-order chi connectivity index (χ0) is 17.2. The van der Waals surface area contributed by atoms with Crippen LogP contribution in [0.4, 0.5) is 45.2 Å². The monoisotopic (exact) mass is 338 g/mol. The molecule has 12 heteroatoms. The lowest BCUT2D eigenvalue weighted by Gasteiger charge is -2.23. The molecule has 0 aromatic heterocycles. The first-order valence-corrected chi connectivity index (χ1v) is 5.25. The van der Waals surface area contributed by atoms with Crippen molar-refractivity contribution in [2.75, 3.05) is 12.1 Å². The standard InChI is InChI=1S/C10H3F9N2O/c1-21(20-22)7-5(12)3-2(4(11)6(7)13)8(14,15)10(18,19)9(3,16)17/h1H3. The van der Waals surface area contributed by atoms with E-state index >= 15 is 0 Å². The highest BCUT2D eigenvalue weighted by molar-refractivity contribution is 5.59. The summed E-state index contributed by atoms with van der Waals surface area (Å²) in [6.45, 7) is 0. The molecule has 1 aliphatic carbocycles. The molecule has 0 saturated heterocycles. The summed E-state index contributed by atoms with van der Waals surface area (Å²) in [7, 11) is 0.476. The van der Waals surface area contributed by atoms with Crippen molar-refractivity contribution in [3.8, 4) is 0 Å². The van der Waals surface area contributed by atoms with Crippen molar-refractivity contribution in [2.45, 2.75) is 17.8 Å². The molecule has 2 rings (SSSR count). The molecule has 0 atom stereocenters. The normalized spacial score (nSPS) is 20.6. The predicted molar refractivity (Wildman–Crippen MR) is 53.2 cm³/mol. The molecule has 0 heterocycles. The molecule has 0 bridgehead atoms. The first kappa shape index (κ1) is 16.4. The molecule has 0 unspecified atom stereocenters. The van der Waals surface area contributed by atoms with Gasteiger partial charge in [0.25, 0.3) is 0 Å². The Morgan fingerprint density at radius 3 is 1.64 bits per heavy atom. The second kappa shape index (κ2) is 4.26. The summed E-state index contributed by atoms with van der Waals surface area (Å²) in [6.07, 6.45) is 0. The number of anilines is 1. The topological polar surface area (TPSA) is 32.7 Å². The first-order chi connectivity index (χ1) is 9.84. The molecule has 0 amide bonds. The van der Waals surface area contributed by atoms with Gasteiger partial charge in [-0.25, -0.2) is 18.2 Å². The van der Waals surface area contributed by atoms with Gasteiger partial charge in [-0.15, -0.1) is 4.91 Å². The third-order valence-electron chi connectivity index (χ3n) is 3.16. The van der Waals surface area contributed by atoms with E-state index in [-0.39, 0.29) is 5.01 Å². The van der Waals surface area contributed by atoms with E-state index in [2.05, 4.69) is 0 Å². The van der Waals surface area contributed by atoms with Gasteiger partial charge in [0.2, 0.25) is 0 Å². The van der Waals surface area contributed by atoms with E-state index < -0.39 is 52.0 Å². The van der Waals surface area contributed by atoms with Crippen molar-refractivity contribution in [3.05, 3.63) is 33.5 Å². The Hall–Kier alpha value is -2.01. The fourth-order valence-electron chi connectivity index (χ4n) is 2.07. The predicted octanol–water partition coefficient (Wildman–Crippen LogP) is 4.05. The van der Waals surface area contributed by atoms with Gasteiger partial charge in [0, 0.05) is 7.05 Å². The fraction of sp³-hybridized carbons (Fsp3) is 0.400. The summed E-state index contributed by atoms with van der Waals surface area (Å²) in [5.74, 6) is -25.8. The summed E-state index contributed by atoms with van der Waals surface area (Å²) in [5.41, 5.74) is -7.40. The second-order valence-electron chi connectivity index (χ2n) is 4.37. The van der Waals surface area contributed by atoms with Gasteiger partial charge in [-0.3, -0.25) is 0 Å². The van der Waals surface area contributed by atoms with Crippen molar-refractivity contribution in [3.63, 3.8) is 0 Å². The van der Waals surface area contributed by atoms with E-state index in [1.54, 1.807) is 0 Å². The minimum Gasteiger partial charge on any atom is -0.226 e. The van der Waals surface area contributed by atoms with Crippen molar-refractivity contribution >= 4 is 5.69 Å². The largest absolute Gasteiger partial charge is 0.380 e. The minimum atomic E-state index is -6.19. The average molecular weight is 338 g/mol. The Morgan fingerprint density at radius 2 is 1.23 bits per heavy atom. The Bertz CT molecular complexity index is 673. The number of hydrogen-bond donors (Lipinski definition) is 0. The van der Waals surface area contributed by atoms with Crippen LogP contribution in [0.5, 0.6) is 0 Å². The fourth-order valence-corrected chi connectivity index (χ4v) is 2.07. The molecule has 1 aliphatic rings. The number of nitroso groups, excluding NO2 is 1. The highest BCUT2D eigenvalue weighted by Crippen LogP contribution is 2.64. The third-order valence-corrected chi connectivity index (χ3v) is 3.16. The van der Waals surface area contributed by atoms with Crippen LogP contribution in [0.3, 0.4) is 0 Å². The zero-order valence-corrected chi connectivity index (χ0v) is 10.2.